The molecule has 0 bridgehead atoms. The van der Waals surface area contributed by atoms with Crippen LogP contribution < -0.4 is 5.73 Å². The van der Waals surface area contributed by atoms with Gasteiger partial charge in [0.25, 0.3) is 0 Å². The van der Waals surface area contributed by atoms with Crippen molar-refractivity contribution in [1.29, 1.82) is 0 Å². The number of hydrogen-bond acceptors (Lipinski definition) is 3. The van der Waals surface area contributed by atoms with E-state index in [1.54, 1.807) is 0 Å². The maximum atomic E-state index is 8.56. The quantitative estimate of drug-likeness (QED) is 0.360. The van der Waals surface area contributed by atoms with Gasteiger partial charge in [0, 0.05) is 30.6 Å². The zero-order valence-electron chi connectivity index (χ0n) is 10.2. The van der Waals surface area contributed by atoms with Crippen molar-refractivity contribution >= 4 is 17.4 Å². The van der Waals surface area contributed by atoms with Crippen molar-refractivity contribution in [1.82, 2.24) is 4.90 Å². The molecule has 0 aliphatic heterocycles. The SMILES string of the molecule is NC(CCN(Cc1cccc(Cl)c1)C1CC1)=NO. The van der Waals surface area contributed by atoms with E-state index in [1.165, 1.54) is 18.4 Å². The van der Waals surface area contributed by atoms with Crippen molar-refractivity contribution in [3.8, 4) is 0 Å². The number of oxime groups is 1. The molecule has 0 heterocycles. The lowest BCUT2D eigenvalue weighted by atomic mass is 10.2. The molecular weight excluding hydrogens is 250 g/mol. The van der Waals surface area contributed by atoms with Gasteiger partial charge in [-0.25, -0.2) is 0 Å². The highest BCUT2D eigenvalue weighted by Gasteiger charge is 2.28. The van der Waals surface area contributed by atoms with Gasteiger partial charge >= 0.3 is 0 Å². The minimum absolute atomic E-state index is 0.284. The molecule has 0 radical (unpaired) electrons. The Balaban J connectivity index is 1.94. The monoisotopic (exact) mass is 267 g/mol. The minimum Gasteiger partial charge on any atom is -0.409 e. The second-order valence-corrected chi connectivity index (χ2v) is 5.11. The second-order valence-electron chi connectivity index (χ2n) is 4.67. The number of rotatable bonds is 6. The van der Waals surface area contributed by atoms with E-state index in [0.29, 0.717) is 12.5 Å². The topological polar surface area (TPSA) is 61.8 Å². The largest absolute Gasteiger partial charge is 0.409 e. The number of benzene rings is 1. The molecular formula is C13H18ClN3O. The fourth-order valence-corrected chi connectivity index (χ4v) is 2.22. The maximum absolute atomic E-state index is 8.56. The molecule has 0 spiro atoms. The van der Waals surface area contributed by atoms with Crippen LogP contribution in [0.3, 0.4) is 0 Å². The Morgan fingerprint density at radius 1 is 1.50 bits per heavy atom. The molecule has 0 unspecified atom stereocenters. The number of nitrogens with two attached hydrogens (primary N) is 1. The van der Waals surface area contributed by atoms with Crippen LogP contribution in [-0.2, 0) is 6.54 Å². The predicted octanol–water partition coefficient (Wildman–Crippen LogP) is 2.44. The fourth-order valence-electron chi connectivity index (χ4n) is 2.01. The van der Waals surface area contributed by atoms with Crippen molar-refractivity contribution in [2.24, 2.45) is 10.9 Å². The highest BCUT2D eigenvalue weighted by atomic mass is 35.5. The van der Waals surface area contributed by atoms with E-state index in [0.717, 1.165) is 18.1 Å². The van der Waals surface area contributed by atoms with Crippen LogP contribution >= 0.6 is 11.6 Å². The third-order valence-corrected chi connectivity index (χ3v) is 3.36. The van der Waals surface area contributed by atoms with Gasteiger partial charge < -0.3 is 10.9 Å². The summed E-state index contributed by atoms with van der Waals surface area (Å²) in [6, 6.07) is 8.54. The summed E-state index contributed by atoms with van der Waals surface area (Å²) < 4.78 is 0. The Morgan fingerprint density at radius 3 is 2.89 bits per heavy atom. The predicted molar refractivity (Wildman–Crippen MR) is 72.9 cm³/mol. The first-order valence-electron chi connectivity index (χ1n) is 6.14. The molecule has 1 aromatic carbocycles. The van der Waals surface area contributed by atoms with Crippen LogP contribution in [0.15, 0.2) is 29.4 Å². The minimum atomic E-state index is 0.284. The average Bonchev–Trinajstić information content (AvgIpc) is 3.18. The standard InChI is InChI=1S/C13H18ClN3O/c14-11-3-1-2-10(8-11)9-17(12-4-5-12)7-6-13(15)16-18/h1-3,8,12,18H,4-7,9H2,(H2,15,16). The summed E-state index contributed by atoms with van der Waals surface area (Å²) in [7, 11) is 0. The Labute approximate surface area is 112 Å². The summed E-state index contributed by atoms with van der Waals surface area (Å²) in [5.74, 6) is 0.284. The molecule has 0 saturated heterocycles. The highest BCUT2D eigenvalue weighted by molar-refractivity contribution is 6.30. The van der Waals surface area contributed by atoms with Crippen LogP contribution in [0, 0.1) is 0 Å². The molecule has 18 heavy (non-hydrogen) atoms. The van der Waals surface area contributed by atoms with Crippen molar-refractivity contribution in [2.75, 3.05) is 6.54 Å². The molecule has 98 valence electrons. The summed E-state index contributed by atoms with van der Waals surface area (Å²) in [5.41, 5.74) is 6.71. The molecule has 1 aliphatic rings. The fraction of sp³-hybridized carbons (Fsp3) is 0.462. The Morgan fingerprint density at radius 2 is 2.28 bits per heavy atom. The Kier molecular flexibility index (Phi) is 4.44. The van der Waals surface area contributed by atoms with Crippen LogP contribution in [0.25, 0.3) is 0 Å². The molecule has 0 atom stereocenters. The normalized spacial score (nSPS) is 16.2. The molecule has 1 aliphatic carbocycles. The van der Waals surface area contributed by atoms with E-state index in [-0.39, 0.29) is 5.84 Å². The highest BCUT2D eigenvalue weighted by Crippen LogP contribution is 2.28. The Bertz CT molecular complexity index is 432. The van der Waals surface area contributed by atoms with Gasteiger partial charge in [0.05, 0.1) is 0 Å². The molecule has 1 aromatic rings. The van der Waals surface area contributed by atoms with Crippen molar-refractivity contribution in [3.63, 3.8) is 0 Å². The van der Waals surface area contributed by atoms with Gasteiger partial charge in [0.15, 0.2) is 0 Å². The van der Waals surface area contributed by atoms with Gasteiger partial charge in [-0.1, -0.05) is 28.9 Å². The maximum Gasteiger partial charge on any atom is 0.140 e. The van der Waals surface area contributed by atoms with Gasteiger partial charge in [0.2, 0.25) is 0 Å². The third-order valence-electron chi connectivity index (χ3n) is 3.12. The molecule has 2 rings (SSSR count). The van der Waals surface area contributed by atoms with Crippen LogP contribution in [-0.4, -0.2) is 28.5 Å². The lowest BCUT2D eigenvalue weighted by molar-refractivity contribution is 0.259. The van der Waals surface area contributed by atoms with Gasteiger partial charge in [0.1, 0.15) is 5.84 Å². The lowest BCUT2D eigenvalue weighted by Gasteiger charge is -2.21. The molecule has 0 aromatic heterocycles. The molecule has 5 heteroatoms. The van der Waals surface area contributed by atoms with E-state index in [2.05, 4.69) is 16.1 Å². The third kappa shape index (κ3) is 3.89. The zero-order valence-corrected chi connectivity index (χ0v) is 11.0. The van der Waals surface area contributed by atoms with Crippen molar-refractivity contribution in [3.05, 3.63) is 34.9 Å². The number of halogens is 1. The summed E-state index contributed by atoms with van der Waals surface area (Å²) >= 11 is 5.98. The summed E-state index contributed by atoms with van der Waals surface area (Å²) in [4.78, 5) is 2.36. The second kappa shape index (κ2) is 6.07. The summed E-state index contributed by atoms with van der Waals surface area (Å²) in [6.45, 7) is 1.68. The average molecular weight is 268 g/mol. The molecule has 3 N–H and O–H groups in total. The summed E-state index contributed by atoms with van der Waals surface area (Å²) in [6.07, 6.45) is 3.06. The summed E-state index contributed by atoms with van der Waals surface area (Å²) in [5, 5.41) is 12.3. The van der Waals surface area contributed by atoms with Gasteiger partial charge in [-0.05, 0) is 30.5 Å². The number of nitrogens with zero attached hydrogens (tertiary/aromatic N) is 2. The first-order chi connectivity index (χ1) is 8.69. The zero-order chi connectivity index (χ0) is 13.0. The van der Waals surface area contributed by atoms with Gasteiger partial charge in [-0.2, -0.15) is 0 Å². The van der Waals surface area contributed by atoms with E-state index in [1.807, 2.05) is 18.2 Å². The smallest absolute Gasteiger partial charge is 0.140 e. The van der Waals surface area contributed by atoms with Crippen LogP contribution in [0.5, 0.6) is 0 Å². The van der Waals surface area contributed by atoms with Gasteiger partial charge in [-0.3, -0.25) is 4.90 Å². The van der Waals surface area contributed by atoms with Crippen LogP contribution in [0.1, 0.15) is 24.8 Å². The molecule has 0 amide bonds. The van der Waals surface area contributed by atoms with E-state index < -0.39 is 0 Å². The van der Waals surface area contributed by atoms with E-state index in [9.17, 15) is 0 Å². The number of hydrogen-bond donors (Lipinski definition) is 2. The Hall–Kier alpha value is -1.26. The number of amidine groups is 1. The van der Waals surface area contributed by atoms with E-state index in [4.69, 9.17) is 22.5 Å². The first-order valence-corrected chi connectivity index (χ1v) is 6.51. The van der Waals surface area contributed by atoms with Crippen LogP contribution in [0.4, 0.5) is 0 Å². The molecule has 4 nitrogen and oxygen atoms in total. The van der Waals surface area contributed by atoms with Crippen LogP contribution in [0.2, 0.25) is 5.02 Å². The van der Waals surface area contributed by atoms with Gasteiger partial charge in [-0.15, -0.1) is 0 Å². The lowest BCUT2D eigenvalue weighted by Crippen LogP contribution is -2.29. The first kappa shape index (κ1) is 13.2. The molecule has 1 fully saturated rings. The van der Waals surface area contributed by atoms with E-state index >= 15 is 0 Å². The molecule has 1 saturated carbocycles. The van der Waals surface area contributed by atoms with Crippen molar-refractivity contribution in [2.45, 2.75) is 31.8 Å². The van der Waals surface area contributed by atoms with Crippen molar-refractivity contribution < 1.29 is 5.21 Å².